The molecule has 0 aliphatic carbocycles. The van der Waals surface area contributed by atoms with Crippen LogP contribution in [0.25, 0.3) is 10.2 Å². The number of halogens is 1. The summed E-state index contributed by atoms with van der Waals surface area (Å²) >= 11 is 4.40. The highest BCUT2D eigenvalue weighted by atomic mass is 79.9. The quantitative estimate of drug-likeness (QED) is 0.622. The molecule has 10 heteroatoms. The number of aryl methyl sites for hydroxylation is 1. The minimum atomic E-state index is -3.90. The van der Waals surface area contributed by atoms with E-state index in [9.17, 15) is 18.0 Å². The van der Waals surface area contributed by atoms with Crippen LogP contribution in [0.15, 0.2) is 44.5 Å². The first kappa shape index (κ1) is 19.2. The molecule has 1 aliphatic rings. The zero-order valence-electron chi connectivity index (χ0n) is 15.0. The number of thiazole rings is 1. The third-order valence-electron chi connectivity index (χ3n) is 4.74. The summed E-state index contributed by atoms with van der Waals surface area (Å²) in [7, 11) is -2.23. The molecule has 0 spiro atoms. The lowest BCUT2D eigenvalue weighted by molar-refractivity contribution is -0.116. The highest BCUT2D eigenvalue weighted by Crippen LogP contribution is 2.36. The summed E-state index contributed by atoms with van der Waals surface area (Å²) in [5.41, 5.74) is 2.66. The van der Waals surface area contributed by atoms with Crippen molar-refractivity contribution < 1.29 is 13.2 Å². The van der Waals surface area contributed by atoms with Crippen LogP contribution in [0.3, 0.4) is 0 Å². The molecule has 0 bridgehead atoms. The van der Waals surface area contributed by atoms with Crippen molar-refractivity contribution in [1.82, 2.24) is 4.57 Å². The topological polar surface area (TPSA) is 88.5 Å². The fraction of sp³-hybridized carbons (Fsp3) is 0.222. The van der Waals surface area contributed by atoms with Crippen LogP contribution in [0.2, 0.25) is 0 Å². The fourth-order valence-electron chi connectivity index (χ4n) is 3.33. The molecule has 146 valence electrons. The van der Waals surface area contributed by atoms with Gasteiger partial charge in [-0.2, -0.15) is 0 Å². The highest BCUT2D eigenvalue weighted by molar-refractivity contribution is 9.10. The van der Waals surface area contributed by atoms with Crippen LogP contribution in [-0.2, 0) is 28.3 Å². The van der Waals surface area contributed by atoms with Crippen molar-refractivity contribution >= 4 is 64.8 Å². The van der Waals surface area contributed by atoms with E-state index in [0.29, 0.717) is 33.5 Å². The van der Waals surface area contributed by atoms with Crippen LogP contribution in [0.5, 0.6) is 0 Å². The van der Waals surface area contributed by atoms with Crippen LogP contribution in [0, 0.1) is 0 Å². The Bertz CT molecular complexity index is 1290. The van der Waals surface area contributed by atoms with Gasteiger partial charge in [0.25, 0.3) is 10.0 Å². The predicted molar refractivity (Wildman–Crippen MR) is 114 cm³/mol. The Balaban J connectivity index is 1.74. The van der Waals surface area contributed by atoms with Gasteiger partial charge >= 0.3 is 4.87 Å². The molecular weight excluding hydrogens is 466 g/mol. The van der Waals surface area contributed by atoms with Crippen LogP contribution in [0.4, 0.5) is 11.4 Å². The lowest BCUT2D eigenvalue weighted by atomic mass is 10.2. The Hall–Kier alpha value is -2.17. The smallest absolute Gasteiger partial charge is 0.307 e. The summed E-state index contributed by atoms with van der Waals surface area (Å²) in [6.45, 7) is 2.00. The molecule has 28 heavy (non-hydrogen) atoms. The molecule has 0 atom stereocenters. The summed E-state index contributed by atoms with van der Waals surface area (Å²) in [6, 6.07) is 8.24. The lowest BCUT2D eigenvalue weighted by Crippen LogP contribution is -2.26. The van der Waals surface area contributed by atoms with Crippen molar-refractivity contribution in [2.75, 3.05) is 16.2 Å². The van der Waals surface area contributed by atoms with E-state index < -0.39 is 10.0 Å². The molecule has 4 rings (SSSR count). The number of carbonyl (C=O) groups is 1. The maximum absolute atomic E-state index is 13.0. The molecule has 0 unspecified atom stereocenters. The first-order valence-electron chi connectivity index (χ1n) is 8.40. The Morgan fingerprint density at radius 1 is 1.25 bits per heavy atom. The first-order chi connectivity index (χ1) is 13.2. The standard InChI is InChI=1S/C18H16BrN3O4S2/c1-10(23)22-6-5-11-7-13(19)17(9-15(11)22)28(25,26)20-12-3-4-14-16(8-12)27-18(24)21(14)2/h3-4,7-9,20H,5-6H2,1-2H3. The Morgan fingerprint density at radius 2 is 2.00 bits per heavy atom. The number of aromatic nitrogens is 1. The molecule has 0 fully saturated rings. The Labute approximate surface area is 173 Å². The van der Waals surface area contributed by atoms with Gasteiger partial charge in [-0.05, 0) is 58.2 Å². The zero-order chi connectivity index (χ0) is 20.2. The van der Waals surface area contributed by atoms with E-state index in [-0.39, 0.29) is 15.7 Å². The molecule has 3 aromatic rings. The van der Waals surface area contributed by atoms with Gasteiger partial charge in [-0.1, -0.05) is 11.3 Å². The van der Waals surface area contributed by atoms with Gasteiger partial charge < -0.3 is 9.47 Å². The average molecular weight is 482 g/mol. The molecule has 0 saturated heterocycles. The number of fused-ring (bicyclic) bond motifs is 2. The van der Waals surface area contributed by atoms with E-state index in [1.165, 1.54) is 17.6 Å². The van der Waals surface area contributed by atoms with Gasteiger partial charge in [-0.15, -0.1) is 0 Å². The van der Waals surface area contributed by atoms with Crippen LogP contribution >= 0.6 is 27.3 Å². The number of nitrogens with one attached hydrogen (secondary N) is 1. The maximum Gasteiger partial charge on any atom is 0.307 e. The highest BCUT2D eigenvalue weighted by Gasteiger charge is 2.27. The largest absolute Gasteiger partial charge is 0.312 e. The number of amides is 1. The molecule has 0 radical (unpaired) electrons. The molecule has 1 aliphatic heterocycles. The third-order valence-corrected chi connectivity index (χ3v) is 8.08. The minimum absolute atomic E-state index is 0.0562. The Morgan fingerprint density at radius 3 is 2.71 bits per heavy atom. The van der Waals surface area contributed by atoms with Crippen molar-refractivity contribution in [2.24, 2.45) is 7.05 Å². The van der Waals surface area contributed by atoms with E-state index in [1.807, 2.05) is 0 Å². The summed E-state index contributed by atoms with van der Waals surface area (Å²) in [5.74, 6) is -0.123. The minimum Gasteiger partial charge on any atom is -0.312 e. The van der Waals surface area contributed by atoms with Gasteiger partial charge in [-0.3, -0.25) is 14.3 Å². The van der Waals surface area contributed by atoms with Crippen molar-refractivity contribution in [3.8, 4) is 0 Å². The molecule has 2 heterocycles. The number of nitrogens with zero attached hydrogens (tertiary/aromatic N) is 2. The molecule has 1 aromatic heterocycles. The number of rotatable bonds is 3. The first-order valence-corrected chi connectivity index (χ1v) is 11.5. The monoisotopic (exact) mass is 481 g/mol. The van der Waals surface area contributed by atoms with E-state index >= 15 is 0 Å². The normalized spacial score (nSPS) is 13.8. The second kappa shape index (κ2) is 6.71. The van der Waals surface area contributed by atoms with Gasteiger partial charge in [0.2, 0.25) is 5.91 Å². The molecule has 1 amide bonds. The number of benzene rings is 2. The Kier molecular flexibility index (Phi) is 4.59. The van der Waals surface area contributed by atoms with Crippen molar-refractivity contribution in [1.29, 1.82) is 0 Å². The van der Waals surface area contributed by atoms with Gasteiger partial charge in [0.05, 0.1) is 15.9 Å². The van der Waals surface area contributed by atoms with E-state index in [2.05, 4.69) is 20.7 Å². The zero-order valence-corrected chi connectivity index (χ0v) is 18.2. The molecule has 7 nitrogen and oxygen atoms in total. The van der Waals surface area contributed by atoms with Crippen molar-refractivity contribution in [3.05, 3.63) is 50.0 Å². The fourth-order valence-corrected chi connectivity index (χ4v) is 6.41. The summed E-state index contributed by atoms with van der Waals surface area (Å²) in [5, 5.41) is 0. The van der Waals surface area contributed by atoms with Gasteiger partial charge in [0, 0.05) is 30.7 Å². The predicted octanol–water partition coefficient (Wildman–Crippen LogP) is 3.07. The maximum atomic E-state index is 13.0. The summed E-state index contributed by atoms with van der Waals surface area (Å²) in [4.78, 5) is 25.1. The van der Waals surface area contributed by atoms with Crippen LogP contribution in [0.1, 0.15) is 12.5 Å². The summed E-state index contributed by atoms with van der Waals surface area (Å²) in [6.07, 6.45) is 0.685. The summed E-state index contributed by atoms with van der Waals surface area (Å²) < 4.78 is 31.2. The van der Waals surface area contributed by atoms with E-state index in [4.69, 9.17) is 0 Å². The van der Waals surface area contributed by atoms with Crippen molar-refractivity contribution in [3.63, 3.8) is 0 Å². The molecular formula is C18H16BrN3O4S2. The lowest BCUT2D eigenvalue weighted by Gasteiger charge is -2.17. The number of anilines is 2. The number of hydrogen-bond acceptors (Lipinski definition) is 5. The second-order valence-corrected chi connectivity index (χ2v) is 10.0. The van der Waals surface area contributed by atoms with Gasteiger partial charge in [0.1, 0.15) is 4.90 Å². The molecule has 0 saturated carbocycles. The van der Waals surface area contributed by atoms with Gasteiger partial charge in [0.15, 0.2) is 0 Å². The van der Waals surface area contributed by atoms with E-state index in [0.717, 1.165) is 22.4 Å². The number of sulfonamides is 1. The number of hydrogen-bond donors (Lipinski definition) is 1. The van der Waals surface area contributed by atoms with Crippen molar-refractivity contribution in [2.45, 2.75) is 18.2 Å². The average Bonchev–Trinajstić information content (AvgIpc) is 3.14. The van der Waals surface area contributed by atoms with E-state index in [1.54, 1.807) is 36.2 Å². The van der Waals surface area contributed by atoms with Gasteiger partial charge in [-0.25, -0.2) is 8.42 Å². The molecule has 2 aromatic carbocycles. The third kappa shape index (κ3) is 3.15. The number of carbonyl (C=O) groups excluding carboxylic acids is 1. The SMILES string of the molecule is CC(=O)N1CCc2cc(Br)c(S(=O)(=O)Nc3ccc4c(c3)sc(=O)n4C)cc21. The van der Waals surface area contributed by atoms with Crippen LogP contribution < -0.4 is 14.5 Å². The molecule has 1 N–H and O–H groups in total. The second-order valence-electron chi connectivity index (χ2n) is 6.55. The van der Waals surface area contributed by atoms with Crippen LogP contribution in [-0.4, -0.2) is 25.4 Å².